The van der Waals surface area contributed by atoms with E-state index in [1.165, 1.54) is 18.4 Å². The van der Waals surface area contributed by atoms with Crippen LogP contribution in [0.2, 0.25) is 5.02 Å². The average Bonchev–Trinajstić information content (AvgIpc) is 3.14. The molecule has 3 heteroatoms. The van der Waals surface area contributed by atoms with Gasteiger partial charge >= 0.3 is 0 Å². The molecule has 0 radical (unpaired) electrons. The molecule has 1 saturated carbocycles. The second-order valence-electron chi connectivity index (χ2n) is 6.05. The van der Waals surface area contributed by atoms with E-state index in [1.807, 2.05) is 12.1 Å². The molecule has 1 aromatic rings. The Kier molecular flexibility index (Phi) is 3.35. The first-order valence-electron chi connectivity index (χ1n) is 6.73. The highest BCUT2D eigenvalue weighted by atomic mass is 35.5. The van der Waals surface area contributed by atoms with Crippen LogP contribution in [-0.4, -0.2) is 19.8 Å². The van der Waals surface area contributed by atoms with Crippen molar-refractivity contribution in [3.05, 3.63) is 34.9 Å². The van der Waals surface area contributed by atoms with Crippen molar-refractivity contribution in [2.75, 3.05) is 19.8 Å². The van der Waals surface area contributed by atoms with Crippen LogP contribution >= 0.6 is 11.6 Å². The monoisotopic (exact) mass is 265 g/mol. The maximum Gasteiger partial charge on any atom is 0.0554 e. The van der Waals surface area contributed by atoms with Gasteiger partial charge in [0, 0.05) is 23.0 Å². The predicted octanol–water partition coefficient (Wildman–Crippen LogP) is 3.42. The Morgan fingerprint density at radius 2 is 2.00 bits per heavy atom. The number of rotatable bonds is 5. The highest BCUT2D eigenvalue weighted by Crippen LogP contribution is 2.41. The first-order valence-corrected chi connectivity index (χ1v) is 7.11. The van der Waals surface area contributed by atoms with Gasteiger partial charge in [0.05, 0.1) is 13.2 Å². The molecule has 2 fully saturated rings. The minimum absolute atomic E-state index is 0.333. The molecule has 1 aromatic carbocycles. The molecule has 0 amide bonds. The van der Waals surface area contributed by atoms with Crippen LogP contribution in [0.15, 0.2) is 24.3 Å². The summed E-state index contributed by atoms with van der Waals surface area (Å²) in [4.78, 5) is 0. The molecule has 0 aromatic heterocycles. The van der Waals surface area contributed by atoms with Crippen LogP contribution < -0.4 is 5.32 Å². The van der Waals surface area contributed by atoms with Crippen LogP contribution in [0.5, 0.6) is 0 Å². The third kappa shape index (κ3) is 2.71. The molecule has 1 atom stereocenters. The lowest BCUT2D eigenvalue weighted by atomic mass is 9.88. The maximum atomic E-state index is 5.96. The summed E-state index contributed by atoms with van der Waals surface area (Å²) in [5.41, 5.74) is 1.70. The lowest BCUT2D eigenvalue weighted by Crippen LogP contribution is -2.48. The predicted molar refractivity (Wildman–Crippen MR) is 73.8 cm³/mol. The van der Waals surface area contributed by atoms with Crippen LogP contribution in [0.25, 0.3) is 0 Å². The molecule has 2 aliphatic rings. The molecule has 0 spiro atoms. The highest BCUT2D eigenvalue weighted by Gasteiger charge is 2.37. The van der Waals surface area contributed by atoms with Gasteiger partial charge in [0.1, 0.15) is 0 Å². The fourth-order valence-electron chi connectivity index (χ4n) is 2.57. The van der Waals surface area contributed by atoms with E-state index in [0.717, 1.165) is 30.7 Å². The molecular formula is C15H20ClNO. The molecule has 0 bridgehead atoms. The molecule has 98 valence electrons. The molecule has 1 saturated heterocycles. The van der Waals surface area contributed by atoms with Crippen molar-refractivity contribution in [3.8, 4) is 0 Å². The van der Waals surface area contributed by atoms with E-state index in [4.69, 9.17) is 16.3 Å². The normalized spacial score (nSPS) is 23.4. The largest absolute Gasteiger partial charge is 0.380 e. The van der Waals surface area contributed by atoms with E-state index in [-0.39, 0.29) is 0 Å². The Morgan fingerprint density at radius 1 is 1.33 bits per heavy atom. The first-order chi connectivity index (χ1) is 8.66. The van der Waals surface area contributed by atoms with Crippen molar-refractivity contribution in [1.82, 2.24) is 5.32 Å². The van der Waals surface area contributed by atoms with E-state index in [1.54, 1.807) is 0 Å². The van der Waals surface area contributed by atoms with Crippen molar-refractivity contribution < 1.29 is 4.74 Å². The van der Waals surface area contributed by atoms with Gasteiger partial charge in [-0.3, -0.25) is 0 Å². The van der Waals surface area contributed by atoms with Crippen LogP contribution in [0, 0.1) is 11.3 Å². The standard InChI is InChI=1S/C15H20ClNO/c1-15(9-18-10-15)8-17-14(11-2-3-11)12-4-6-13(16)7-5-12/h4-7,11,14,17H,2-3,8-10H2,1H3. The van der Waals surface area contributed by atoms with Gasteiger partial charge < -0.3 is 10.1 Å². The van der Waals surface area contributed by atoms with E-state index < -0.39 is 0 Å². The highest BCUT2D eigenvalue weighted by molar-refractivity contribution is 6.30. The zero-order valence-electron chi connectivity index (χ0n) is 10.8. The van der Waals surface area contributed by atoms with Gasteiger partial charge in [0.25, 0.3) is 0 Å². The summed E-state index contributed by atoms with van der Waals surface area (Å²) in [6, 6.07) is 8.76. The van der Waals surface area contributed by atoms with Crippen LogP contribution in [0.1, 0.15) is 31.4 Å². The Morgan fingerprint density at radius 3 is 2.50 bits per heavy atom. The van der Waals surface area contributed by atoms with Gasteiger partial charge in [-0.15, -0.1) is 0 Å². The number of nitrogens with one attached hydrogen (secondary N) is 1. The first kappa shape index (κ1) is 12.5. The van der Waals surface area contributed by atoms with E-state index >= 15 is 0 Å². The summed E-state index contributed by atoms with van der Waals surface area (Å²) in [7, 11) is 0. The summed E-state index contributed by atoms with van der Waals surface area (Å²) in [6.45, 7) is 5.10. The zero-order valence-corrected chi connectivity index (χ0v) is 11.5. The van der Waals surface area contributed by atoms with Gasteiger partial charge in [-0.25, -0.2) is 0 Å². The summed E-state index contributed by atoms with van der Waals surface area (Å²) in [5.74, 6) is 0.802. The Labute approximate surface area is 114 Å². The molecular weight excluding hydrogens is 246 g/mol. The summed E-state index contributed by atoms with van der Waals surface area (Å²) in [5, 5.41) is 4.55. The van der Waals surface area contributed by atoms with Gasteiger partial charge in [-0.05, 0) is 36.5 Å². The molecule has 1 heterocycles. The van der Waals surface area contributed by atoms with Crippen LogP contribution in [-0.2, 0) is 4.74 Å². The van der Waals surface area contributed by atoms with Crippen LogP contribution in [0.4, 0.5) is 0 Å². The summed E-state index contributed by atoms with van der Waals surface area (Å²) in [6.07, 6.45) is 2.68. The van der Waals surface area contributed by atoms with E-state index in [0.29, 0.717) is 11.5 Å². The quantitative estimate of drug-likeness (QED) is 0.881. The smallest absolute Gasteiger partial charge is 0.0554 e. The summed E-state index contributed by atoms with van der Waals surface area (Å²) >= 11 is 5.96. The van der Waals surface area contributed by atoms with E-state index in [9.17, 15) is 0 Å². The number of hydrogen-bond acceptors (Lipinski definition) is 2. The van der Waals surface area contributed by atoms with Crippen molar-refractivity contribution in [1.29, 1.82) is 0 Å². The minimum Gasteiger partial charge on any atom is -0.380 e. The van der Waals surface area contributed by atoms with Gasteiger partial charge in [0.2, 0.25) is 0 Å². The van der Waals surface area contributed by atoms with Crippen LogP contribution in [0.3, 0.4) is 0 Å². The van der Waals surface area contributed by atoms with Crippen molar-refractivity contribution in [3.63, 3.8) is 0 Å². The topological polar surface area (TPSA) is 21.3 Å². The van der Waals surface area contributed by atoms with Gasteiger partial charge in [0.15, 0.2) is 0 Å². The molecule has 3 rings (SSSR count). The SMILES string of the molecule is CC1(CNC(c2ccc(Cl)cc2)C2CC2)COC1. The Balaban J connectivity index is 1.66. The molecule has 18 heavy (non-hydrogen) atoms. The van der Waals surface area contributed by atoms with Crippen molar-refractivity contribution in [2.45, 2.75) is 25.8 Å². The minimum atomic E-state index is 0.333. The molecule has 1 N–H and O–H groups in total. The maximum absolute atomic E-state index is 5.96. The summed E-state index contributed by atoms with van der Waals surface area (Å²) < 4.78 is 5.31. The molecule has 1 unspecified atom stereocenters. The number of hydrogen-bond donors (Lipinski definition) is 1. The van der Waals surface area contributed by atoms with Gasteiger partial charge in [-0.1, -0.05) is 30.7 Å². The van der Waals surface area contributed by atoms with Gasteiger partial charge in [-0.2, -0.15) is 0 Å². The molecule has 1 aliphatic heterocycles. The third-order valence-corrected chi connectivity index (χ3v) is 4.22. The van der Waals surface area contributed by atoms with Crippen molar-refractivity contribution >= 4 is 11.6 Å². The Bertz CT molecular complexity index is 409. The lowest BCUT2D eigenvalue weighted by Gasteiger charge is -2.39. The average molecular weight is 266 g/mol. The molecule has 1 aliphatic carbocycles. The number of halogens is 1. The second kappa shape index (κ2) is 4.84. The fraction of sp³-hybridized carbons (Fsp3) is 0.600. The third-order valence-electron chi connectivity index (χ3n) is 3.97. The number of benzene rings is 1. The van der Waals surface area contributed by atoms with Crippen molar-refractivity contribution in [2.24, 2.45) is 11.3 Å². The Hall–Kier alpha value is -0.570. The lowest BCUT2D eigenvalue weighted by molar-refractivity contribution is -0.100. The number of ether oxygens (including phenoxy) is 1. The van der Waals surface area contributed by atoms with E-state index in [2.05, 4.69) is 24.4 Å². The molecule has 2 nitrogen and oxygen atoms in total. The second-order valence-corrected chi connectivity index (χ2v) is 6.49. The zero-order chi connectivity index (χ0) is 12.6. The fourth-order valence-corrected chi connectivity index (χ4v) is 2.69.